The molecule has 3 heterocycles. The molecule has 0 radical (unpaired) electrons. The molecule has 206 valence electrons. The third-order valence-electron chi connectivity index (χ3n) is 7.52. The van der Waals surface area contributed by atoms with E-state index in [4.69, 9.17) is 25.3 Å². The molecule has 0 bridgehead atoms. The number of nitrogens with one attached hydrogen (secondary N) is 1. The summed E-state index contributed by atoms with van der Waals surface area (Å²) < 4.78 is 26.6. The summed E-state index contributed by atoms with van der Waals surface area (Å²) in [5.41, 5.74) is 10.7. The van der Waals surface area contributed by atoms with Crippen LogP contribution in [0.5, 0.6) is 0 Å². The Labute approximate surface area is 223 Å². The zero-order valence-corrected chi connectivity index (χ0v) is 21.9. The van der Waals surface area contributed by atoms with E-state index in [9.17, 15) is 18.8 Å². The minimum absolute atomic E-state index is 0.133. The molecular weight excluding hydrogens is 507 g/mol. The van der Waals surface area contributed by atoms with Gasteiger partial charge in [0.15, 0.2) is 0 Å². The van der Waals surface area contributed by atoms with Crippen LogP contribution < -0.4 is 16.6 Å². The number of aromatic nitrogens is 2. The van der Waals surface area contributed by atoms with E-state index in [1.165, 1.54) is 6.07 Å². The lowest BCUT2D eigenvalue weighted by molar-refractivity contribution is -0.126. The first-order chi connectivity index (χ1) is 18.7. The zero-order chi connectivity index (χ0) is 27.8. The quantitative estimate of drug-likeness (QED) is 0.218. The summed E-state index contributed by atoms with van der Waals surface area (Å²) in [4.78, 5) is 42.3. The lowest BCUT2D eigenvalue weighted by Gasteiger charge is -2.29. The Morgan fingerprint density at radius 2 is 2.10 bits per heavy atom. The molecule has 1 aliphatic heterocycles. The number of ether oxygens (including phenoxy) is 2. The monoisotopic (exact) mass is 538 g/mol. The third kappa shape index (κ3) is 4.76. The Kier molecular flexibility index (Phi) is 7.37. The van der Waals surface area contributed by atoms with Crippen LogP contribution in [0.15, 0.2) is 16.9 Å². The Balaban J connectivity index is 1.68. The van der Waals surface area contributed by atoms with E-state index in [-0.39, 0.29) is 49.7 Å². The summed E-state index contributed by atoms with van der Waals surface area (Å²) in [7, 11) is 0. The summed E-state index contributed by atoms with van der Waals surface area (Å²) >= 11 is 0. The number of aryl methyl sites for hydroxylation is 2. The highest BCUT2D eigenvalue weighted by Crippen LogP contribution is 2.44. The van der Waals surface area contributed by atoms with Gasteiger partial charge in [-0.05, 0) is 54.5 Å². The molecule has 1 aliphatic carbocycles. The predicted octanol–water partition coefficient (Wildman–Crippen LogP) is 3.10. The number of fused-ring (bicyclic) bond motifs is 4. The molecule has 39 heavy (non-hydrogen) atoms. The average molecular weight is 539 g/mol. The number of carboxylic acid groups (broad SMARTS) is 1. The van der Waals surface area contributed by atoms with Crippen molar-refractivity contribution in [2.24, 2.45) is 5.73 Å². The lowest BCUT2D eigenvalue weighted by Crippen LogP contribution is -2.34. The number of benzene rings is 1. The fraction of sp³-hybridized carbons (Fsp3) is 0.429. The molecule has 1 aromatic carbocycles. The van der Waals surface area contributed by atoms with Crippen LogP contribution in [0, 0.1) is 12.7 Å². The summed E-state index contributed by atoms with van der Waals surface area (Å²) in [6.45, 7) is 3.99. The molecule has 10 nitrogen and oxygen atoms in total. The highest BCUT2D eigenvalue weighted by molar-refractivity contribution is 5.93. The molecule has 3 aromatic rings. The van der Waals surface area contributed by atoms with Crippen molar-refractivity contribution in [3.05, 3.63) is 61.7 Å². The van der Waals surface area contributed by atoms with Gasteiger partial charge in [0.2, 0.25) is 5.91 Å². The summed E-state index contributed by atoms with van der Waals surface area (Å²) in [5.74, 6) is -0.641. The van der Waals surface area contributed by atoms with Gasteiger partial charge in [-0.15, -0.1) is 0 Å². The zero-order valence-electron chi connectivity index (χ0n) is 21.9. The molecule has 11 heteroatoms. The van der Waals surface area contributed by atoms with E-state index in [0.717, 1.165) is 28.5 Å². The van der Waals surface area contributed by atoms with E-state index in [1.807, 2.05) is 13.0 Å². The van der Waals surface area contributed by atoms with Gasteiger partial charge in [0.25, 0.3) is 5.56 Å². The van der Waals surface area contributed by atoms with Crippen molar-refractivity contribution in [2.75, 3.05) is 19.8 Å². The number of hydrogen-bond donors (Lipinski definition) is 3. The molecule has 0 spiro atoms. The minimum atomic E-state index is -1.46. The van der Waals surface area contributed by atoms with Gasteiger partial charge in [0.1, 0.15) is 19.0 Å². The van der Waals surface area contributed by atoms with Crippen molar-refractivity contribution in [3.63, 3.8) is 0 Å². The topological polar surface area (TPSA) is 146 Å². The van der Waals surface area contributed by atoms with E-state index < -0.39 is 6.16 Å². The second kappa shape index (κ2) is 10.7. The highest BCUT2D eigenvalue weighted by atomic mass is 19.1. The van der Waals surface area contributed by atoms with Crippen molar-refractivity contribution in [2.45, 2.75) is 58.7 Å². The number of carbonyl (C=O) groups excluding carboxylic acids is 1. The second-order valence-electron chi connectivity index (χ2n) is 9.94. The summed E-state index contributed by atoms with van der Waals surface area (Å²) in [5, 5.41) is 12.9. The molecule has 0 unspecified atom stereocenters. The number of nitrogens with zero attached hydrogens (tertiary/aromatic N) is 2. The van der Waals surface area contributed by atoms with Gasteiger partial charge < -0.3 is 30.2 Å². The summed E-state index contributed by atoms with van der Waals surface area (Å²) in [6, 6.07) is 2.88. The van der Waals surface area contributed by atoms with Crippen LogP contribution in [0.3, 0.4) is 0 Å². The molecule has 2 aromatic heterocycles. The number of pyridine rings is 2. The molecule has 5 rings (SSSR count). The van der Waals surface area contributed by atoms with Crippen molar-refractivity contribution in [1.29, 1.82) is 0 Å². The van der Waals surface area contributed by atoms with Crippen LogP contribution in [0.4, 0.5) is 9.18 Å². The number of nitrogens with two attached hydrogens (primary N) is 1. The van der Waals surface area contributed by atoms with Crippen LogP contribution in [-0.4, -0.2) is 46.5 Å². The normalized spacial score (nSPS) is 15.2. The van der Waals surface area contributed by atoms with E-state index >= 15 is 0 Å². The van der Waals surface area contributed by atoms with E-state index in [0.29, 0.717) is 59.4 Å². The van der Waals surface area contributed by atoms with Gasteiger partial charge in [0, 0.05) is 23.6 Å². The maximum Gasteiger partial charge on any atom is 0.506 e. The van der Waals surface area contributed by atoms with Gasteiger partial charge in [-0.25, -0.2) is 14.2 Å². The highest BCUT2D eigenvalue weighted by Gasteiger charge is 2.35. The molecule has 2 aliphatic rings. The smallest absolute Gasteiger partial charge is 0.450 e. The van der Waals surface area contributed by atoms with Crippen LogP contribution in [0.1, 0.15) is 59.2 Å². The van der Waals surface area contributed by atoms with Crippen molar-refractivity contribution >= 4 is 23.0 Å². The molecule has 1 atom stereocenters. The molecule has 0 saturated carbocycles. The molecule has 1 amide bonds. The second-order valence-corrected chi connectivity index (χ2v) is 9.94. The fourth-order valence-electron chi connectivity index (χ4n) is 5.80. The van der Waals surface area contributed by atoms with Crippen molar-refractivity contribution < 1.29 is 28.6 Å². The fourth-order valence-corrected chi connectivity index (χ4v) is 5.80. The Hall–Kier alpha value is -3.83. The predicted molar refractivity (Wildman–Crippen MR) is 141 cm³/mol. The van der Waals surface area contributed by atoms with Crippen LogP contribution in [0.2, 0.25) is 0 Å². The molecular formula is C28H31FN4O6. The number of hydrogen-bond acceptors (Lipinski definition) is 7. The van der Waals surface area contributed by atoms with Crippen LogP contribution in [-0.2, 0) is 40.3 Å². The van der Waals surface area contributed by atoms with Crippen LogP contribution >= 0.6 is 0 Å². The standard InChI is InChI=1S/C28H31FN4O6/c1-3-4-15-9-22-26-17(11-33(22)27(35)18(15)12-39-28(36)37)25-20(31-23(34)13-38-8-7-30)6-5-16-14(2)19(29)10-21(32-26)24(16)25/h9-10,20H,3-8,11-13,30H2,1-2H3,(H,31,34)(H,36,37)/t20-/m0/s1. The van der Waals surface area contributed by atoms with Gasteiger partial charge in [-0.1, -0.05) is 13.3 Å². The third-order valence-corrected chi connectivity index (χ3v) is 7.52. The van der Waals surface area contributed by atoms with Gasteiger partial charge in [-0.3, -0.25) is 9.59 Å². The Morgan fingerprint density at radius 3 is 2.82 bits per heavy atom. The van der Waals surface area contributed by atoms with Gasteiger partial charge in [0.05, 0.1) is 41.7 Å². The Bertz CT molecular complexity index is 1550. The largest absolute Gasteiger partial charge is 0.506 e. The molecule has 0 saturated heterocycles. The number of halogens is 1. The number of amides is 1. The number of carbonyl (C=O) groups is 2. The van der Waals surface area contributed by atoms with Gasteiger partial charge >= 0.3 is 6.16 Å². The first kappa shape index (κ1) is 26.8. The average Bonchev–Trinajstić information content (AvgIpc) is 3.26. The van der Waals surface area contributed by atoms with Gasteiger partial charge in [-0.2, -0.15) is 0 Å². The maximum atomic E-state index is 15.0. The molecule has 4 N–H and O–H groups in total. The lowest BCUT2D eigenvalue weighted by atomic mass is 9.81. The first-order valence-corrected chi connectivity index (χ1v) is 13.1. The Morgan fingerprint density at radius 1 is 1.31 bits per heavy atom. The SMILES string of the molecule is CCCc1cc2n(c(=O)c1COC(=O)O)Cc1c-2nc2cc(F)c(C)c3c2c1[C@@H](NC(=O)COCCN)CC3. The van der Waals surface area contributed by atoms with Crippen LogP contribution in [0.25, 0.3) is 22.3 Å². The van der Waals surface area contributed by atoms with E-state index in [2.05, 4.69) is 5.32 Å². The minimum Gasteiger partial charge on any atom is -0.450 e. The van der Waals surface area contributed by atoms with Crippen molar-refractivity contribution in [3.8, 4) is 11.4 Å². The van der Waals surface area contributed by atoms with E-state index in [1.54, 1.807) is 11.5 Å². The summed E-state index contributed by atoms with van der Waals surface area (Å²) in [6.07, 6.45) is 0.945. The molecule has 0 fully saturated rings. The first-order valence-electron chi connectivity index (χ1n) is 13.1. The number of rotatable bonds is 9. The maximum absolute atomic E-state index is 15.0. The van der Waals surface area contributed by atoms with Crippen molar-refractivity contribution in [1.82, 2.24) is 14.9 Å².